The van der Waals surface area contributed by atoms with Gasteiger partial charge in [0.2, 0.25) is 0 Å². The zero-order valence-electron chi connectivity index (χ0n) is 17.1. The van der Waals surface area contributed by atoms with Gasteiger partial charge in [0.15, 0.2) is 5.65 Å². The molecule has 0 radical (unpaired) electrons. The van der Waals surface area contributed by atoms with Crippen LogP contribution < -0.4 is 4.90 Å². The van der Waals surface area contributed by atoms with Gasteiger partial charge in [0.25, 0.3) is 5.91 Å². The number of pyridine rings is 2. The standard InChI is InChI=1S/C23H22FN5O/c1-15(2)29-22-17(13-26-29)12-21(16(3)27-22)23(30)28(14-19-6-4-5-11-25-19)20-9-7-18(24)8-10-20/h4-13,15H,14H2,1-3H3. The van der Waals surface area contributed by atoms with E-state index in [1.165, 1.54) is 12.1 Å². The summed E-state index contributed by atoms with van der Waals surface area (Å²) in [5.41, 5.74) is 3.16. The fraction of sp³-hybridized carbons (Fsp3) is 0.217. The Labute approximate surface area is 174 Å². The highest BCUT2D eigenvalue weighted by Gasteiger charge is 2.23. The number of nitrogens with zero attached hydrogens (tertiary/aromatic N) is 5. The lowest BCUT2D eigenvalue weighted by Crippen LogP contribution is -2.31. The molecule has 0 spiro atoms. The fourth-order valence-corrected chi connectivity index (χ4v) is 3.36. The molecule has 1 amide bonds. The molecule has 0 unspecified atom stereocenters. The lowest BCUT2D eigenvalue weighted by atomic mass is 10.1. The van der Waals surface area contributed by atoms with Crippen molar-refractivity contribution in [1.29, 1.82) is 0 Å². The van der Waals surface area contributed by atoms with Crippen LogP contribution in [0.4, 0.5) is 10.1 Å². The van der Waals surface area contributed by atoms with Gasteiger partial charge in [-0.2, -0.15) is 5.10 Å². The van der Waals surface area contributed by atoms with Crippen molar-refractivity contribution in [3.63, 3.8) is 0 Å². The van der Waals surface area contributed by atoms with Gasteiger partial charge in [-0.15, -0.1) is 0 Å². The molecule has 0 aliphatic carbocycles. The Morgan fingerprint density at radius 1 is 1.17 bits per heavy atom. The first-order valence-corrected chi connectivity index (χ1v) is 9.76. The van der Waals surface area contributed by atoms with Gasteiger partial charge in [-0.05, 0) is 63.2 Å². The second kappa shape index (κ2) is 8.02. The first-order chi connectivity index (χ1) is 14.4. The van der Waals surface area contributed by atoms with Crippen LogP contribution in [0.2, 0.25) is 0 Å². The minimum Gasteiger partial charge on any atom is -0.302 e. The molecule has 0 N–H and O–H groups in total. The van der Waals surface area contributed by atoms with E-state index in [1.54, 1.807) is 29.4 Å². The molecule has 0 saturated heterocycles. The number of benzene rings is 1. The van der Waals surface area contributed by atoms with Crippen molar-refractivity contribution < 1.29 is 9.18 Å². The number of halogens is 1. The predicted octanol–water partition coefficient (Wildman–Crippen LogP) is 4.70. The van der Waals surface area contributed by atoms with Crippen LogP contribution in [0.25, 0.3) is 11.0 Å². The third-order valence-corrected chi connectivity index (χ3v) is 4.91. The van der Waals surface area contributed by atoms with Crippen LogP contribution in [0.1, 0.15) is 41.6 Å². The highest BCUT2D eigenvalue weighted by molar-refractivity contribution is 6.08. The lowest BCUT2D eigenvalue weighted by Gasteiger charge is -2.23. The number of carbonyl (C=O) groups is 1. The molecule has 0 bridgehead atoms. The van der Waals surface area contributed by atoms with Crippen molar-refractivity contribution in [2.24, 2.45) is 0 Å². The van der Waals surface area contributed by atoms with Gasteiger partial charge in [-0.25, -0.2) is 14.1 Å². The van der Waals surface area contributed by atoms with Gasteiger partial charge in [0.1, 0.15) is 5.82 Å². The Morgan fingerprint density at radius 2 is 1.93 bits per heavy atom. The maximum Gasteiger partial charge on any atom is 0.260 e. The molecule has 1 aromatic carbocycles. The molecule has 0 fully saturated rings. The van der Waals surface area contributed by atoms with E-state index in [4.69, 9.17) is 0 Å². The van der Waals surface area contributed by atoms with Gasteiger partial charge in [-0.1, -0.05) is 6.07 Å². The van der Waals surface area contributed by atoms with E-state index in [-0.39, 0.29) is 24.3 Å². The number of amides is 1. The van der Waals surface area contributed by atoms with Gasteiger partial charge >= 0.3 is 0 Å². The van der Waals surface area contributed by atoms with Crippen molar-refractivity contribution >= 4 is 22.6 Å². The number of aryl methyl sites for hydroxylation is 1. The van der Waals surface area contributed by atoms with E-state index in [0.29, 0.717) is 16.9 Å². The van der Waals surface area contributed by atoms with Crippen molar-refractivity contribution in [3.8, 4) is 0 Å². The fourth-order valence-electron chi connectivity index (χ4n) is 3.36. The molecule has 4 rings (SSSR count). The first-order valence-electron chi connectivity index (χ1n) is 9.76. The SMILES string of the molecule is Cc1nc2c(cnn2C(C)C)cc1C(=O)N(Cc1ccccn1)c1ccc(F)cc1. The Balaban J connectivity index is 1.77. The summed E-state index contributed by atoms with van der Waals surface area (Å²) >= 11 is 0. The van der Waals surface area contributed by atoms with Crippen molar-refractivity contribution in [1.82, 2.24) is 19.7 Å². The second-order valence-corrected chi connectivity index (χ2v) is 7.41. The Hall–Kier alpha value is -3.61. The second-order valence-electron chi connectivity index (χ2n) is 7.41. The molecule has 4 aromatic rings. The van der Waals surface area contributed by atoms with Gasteiger partial charge < -0.3 is 4.90 Å². The van der Waals surface area contributed by atoms with Crippen LogP contribution in [-0.2, 0) is 6.54 Å². The van der Waals surface area contributed by atoms with Crippen molar-refractivity contribution in [3.05, 3.63) is 83.7 Å². The normalized spacial score (nSPS) is 11.2. The Kier molecular flexibility index (Phi) is 5.27. The highest BCUT2D eigenvalue weighted by atomic mass is 19.1. The zero-order chi connectivity index (χ0) is 21.3. The summed E-state index contributed by atoms with van der Waals surface area (Å²) in [7, 11) is 0. The molecule has 0 saturated carbocycles. The van der Waals surface area contributed by atoms with E-state index in [9.17, 15) is 9.18 Å². The number of hydrogen-bond acceptors (Lipinski definition) is 4. The molecular formula is C23H22FN5O. The molecule has 6 nitrogen and oxygen atoms in total. The summed E-state index contributed by atoms with van der Waals surface area (Å²) in [5, 5.41) is 5.19. The molecule has 0 aliphatic rings. The highest BCUT2D eigenvalue weighted by Crippen LogP contribution is 2.24. The third-order valence-electron chi connectivity index (χ3n) is 4.91. The number of hydrogen-bond donors (Lipinski definition) is 0. The average molecular weight is 403 g/mol. The van der Waals surface area contributed by atoms with E-state index >= 15 is 0 Å². The molecule has 0 aliphatic heterocycles. The van der Waals surface area contributed by atoms with Crippen LogP contribution in [-0.4, -0.2) is 25.7 Å². The summed E-state index contributed by atoms with van der Waals surface area (Å²) in [4.78, 5) is 24.2. The third kappa shape index (κ3) is 3.78. The quantitative estimate of drug-likeness (QED) is 0.484. The lowest BCUT2D eigenvalue weighted by molar-refractivity contribution is 0.0984. The number of rotatable bonds is 5. The molecule has 3 heterocycles. The molecule has 0 atom stereocenters. The summed E-state index contributed by atoms with van der Waals surface area (Å²) in [6, 6.07) is 13.4. The van der Waals surface area contributed by atoms with Crippen molar-refractivity contribution in [2.45, 2.75) is 33.4 Å². The summed E-state index contributed by atoms with van der Waals surface area (Å²) < 4.78 is 15.3. The maximum atomic E-state index is 13.6. The van der Waals surface area contributed by atoms with E-state index in [0.717, 1.165) is 16.7 Å². The molecule has 3 aromatic heterocycles. The largest absolute Gasteiger partial charge is 0.302 e. The van der Waals surface area contributed by atoms with E-state index < -0.39 is 0 Å². The summed E-state index contributed by atoms with van der Waals surface area (Å²) in [6.45, 7) is 6.14. The Bertz CT molecular complexity index is 1190. The predicted molar refractivity (Wildman–Crippen MR) is 114 cm³/mol. The Morgan fingerprint density at radius 3 is 2.60 bits per heavy atom. The topological polar surface area (TPSA) is 63.9 Å². The average Bonchev–Trinajstić information content (AvgIpc) is 3.15. The minimum atomic E-state index is -0.357. The van der Waals surface area contributed by atoms with Crippen LogP contribution >= 0.6 is 0 Å². The van der Waals surface area contributed by atoms with Gasteiger partial charge in [-0.3, -0.25) is 9.78 Å². The zero-order valence-corrected chi connectivity index (χ0v) is 17.1. The van der Waals surface area contributed by atoms with Crippen LogP contribution in [0.5, 0.6) is 0 Å². The van der Waals surface area contributed by atoms with E-state index in [1.807, 2.05) is 49.7 Å². The minimum absolute atomic E-state index is 0.163. The molecule has 152 valence electrons. The first kappa shape index (κ1) is 19.7. The summed E-state index contributed by atoms with van der Waals surface area (Å²) in [5.74, 6) is -0.583. The summed E-state index contributed by atoms with van der Waals surface area (Å²) in [6.07, 6.45) is 3.40. The van der Waals surface area contributed by atoms with Gasteiger partial charge in [0.05, 0.1) is 29.7 Å². The molecule has 7 heteroatoms. The van der Waals surface area contributed by atoms with Crippen molar-refractivity contribution in [2.75, 3.05) is 4.90 Å². The maximum absolute atomic E-state index is 13.6. The molecule has 30 heavy (non-hydrogen) atoms. The van der Waals surface area contributed by atoms with E-state index in [2.05, 4.69) is 15.1 Å². The number of carbonyl (C=O) groups excluding carboxylic acids is 1. The number of fused-ring (bicyclic) bond motifs is 1. The monoisotopic (exact) mass is 403 g/mol. The smallest absolute Gasteiger partial charge is 0.260 e. The molecular weight excluding hydrogens is 381 g/mol. The number of aromatic nitrogens is 4. The van der Waals surface area contributed by atoms with Crippen LogP contribution in [0.15, 0.2) is 60.9 Å². The van der Waals surface area contributed by atoms with Crippen LogP contribution in [0, 0.1) is 12.7 Å². The number of anilines is 1. The van der Waals surface area contributed by atoms with Gasteiger partial charge in [0, 0.05) is 23.3 Å². The van der Waals surface area contributed by atoms with Crippen LogP contribution in [0.3, 0.4) is 0 Å².